The highest BCUT2D eigenvalue weighted by molar-refractivity contribution is 6.34. The van der Waals surface area contributed by atoms with Crippen LogP contribution in [0.4, 0.5) is 10.5 Å². The summed E-state index contributed by atoms with van der Waals surface area (Å²) in [6.07, 6.45) is 0.856. The standard InChI is InChI=1S/C29H38ClN3O6/c1-7-14-38-21-12-13-22(23(30)15-21)26(34)33-16-19(2)32(17-20-10-8-9-11-25(20)33)28(36)31-24(27(35)37-6)18-39-29(3,4)5/h8-13,15,19,24H,7,14,16-18H2,1-6H3,(H,31,36)/t19-,24?/m1/s1. The molecule has 1 aliphatic heterocycles. The van der Waals surface area contributed by atoms with Gasteiger partial charge in [-0.3, -0.25) is 4.79 Å². The Labute approximate surface area is 235 Å². The molecule has 9 nitrogen and oxygen atoms in total. The van der Waals surface area contributed by atoms with Crippen LogP contribution in [0.2, 0.25) is 5.02 Å². The van der Waals surface area contributed by atoms with Crippen molar-refractivity contribution >= 4 is 35.2 Å². The minimum atomic E-state index is -0.989. The topological polar surface area (TPSA) is 97.4 Å². The Morgan fingerprint density at radius 1 is 1.15 bits per heavy atom. The largest absolute Gasteiger partial charge is 0.494 e. The highest BCUT2D eigenvalue weighted by Crippen LogP contribution is 2.31. The van der Waals surface area contributed by atoms with E-state index in [1.807, 2.05) is 58.9 Å². The molecule has 0 aromatic heterocycles. The van der Waals surface area contributed by atoms with Crippen molar-refractivity contribution in [1.82, 2.24) is 10.2 Å². The molecule has 10 heteroatoms. The van der Waals surface area contributed by atoms with Gasteiger partial charge in [0.05, 0.1) is 36.5 Å². The van der Waals surface area contributed by atoms with Gasteiger partial charge in [-0.15, -0.1) is 0 Å². The highest BCUT2D eigenvalue weighted by atomic mass is 35.5. The number of para-hydroxylation sites is 1. The van der Waals surface area contributed by atoms with Crippen molar-refractivity contribution in [3.8, 4) is 5.75 Å². The Morgan fingerprint density at radius 3 is 2.51 bits per heavy atom. The Balaban J connectivity index is 1.86. The summed E-state index contributed by atoms with van der Waals surface area (Å²) in [4.78, 5) is 42.9. The first-order valence-electron chi connectivity index (χ1n) is 13.1. The van der Waals surface area contributed by atoms with Gasteiger partial charge in [0.2, 0.25) is 0 Å². The van der Waals surface area contributed by atoms with Crippen LogP contribution in [0.1, 0.15) is 57.0 Å². The smallest absolute Gasteiger partial charge is 0.330 e. The van der Waals surface area contributed by atoms with E-state index < -0.39 is 29.7 Å². The molecule has 212 valence electrons. The lowest BCUT2D eigenvalue weighted by molar-refractivity contribution is -0.146. The summed E-state index contributed by atoms with van der Waals surface area (Å²) < 4.78 is 16.3. The molecule has 0 saturated carbocycles. The third kappa shape index (κ3) is 7.86. The van der Waals surface area contributed by atoms with Crippen LogP contribution < -0.4 is 15.0 Å². The number of hydrogen-bond acceptors (Lipinski definition) is 6. The number of nitrogens with zero attached hydrogens (tertiary/aromatic N) is 2. The first-order valence-corrected chi connectivity index (χ1v) is 13.4. The Bertz CT molecular complexity index is 1180. The van der Waals surface area contributed by atoms with Crippen molar-refractivity contribution in [3.05, 3.63) is 58.6 Å². The minimum absolute atomic E-state index is 0.0399. The lowest BCUT2D eigenvalue weighted by Crippen LogP contribution is -2.54. The van der Waals surface area contributed by atoms with Gasteiger partial charge in [-0.05, 0) is 63.9 Å². The molecule has 0 aliphatic carbocycles. The second-order valence-electron chi connectivity index (χ2n) is 10.5. The highest BCUT2D eigenvalue weighted by Gasteiger charge is 2.34. The average Bonchev–Trinajstić information content (AvgIpc) is 3.05. The molecule has 0 fully saturated rings. The Morgan fingerprint density at radius 2 is 1.87 bits per heavy atom. The molecule has 3 amide bonds. The molecule has 2 atom stereocenters. The fourth-order valence-electron chi connectivity index (χ4n) is 4.17. The van der Waals surface area contributed by atoms with E-state index in [-0.39, 0.29) is 30.6 Å². The summed E-state index contributed by atoms with van der Waals surface area (Å²) in [6.45, 7) is 10.4. The van der Waals surface area contributed by atoms with Crippen LogP contribution in [0.25, 0.3) is 0 Å². The summed E-state index contributed by atoms with van der Waals surface area (Å²) in [5.41, 5.74) is 1.30. The van der Waals surface area contributed by atoms with Gasteiger partial charge in [0.15, 0.2) is 6.04 Å². The lowest BCUT2D eigenvalue weighted by Gasteiger charge is -2.31. The number of methoxy groups -OCH3 is 1. The van der Waals surface area contributed by atoms with Gasteiger partial charge in [0.1, 0.15) is 5.75 Å². The third-order valence-corrected chi connectivity index (χ3v) is 6.53. The van der Waals surface area contributed by atoms with Crippen molar-refractivity contribution in [1.29, 1.82) is 0 Å². The molecule has 0 spiro atoms. The van der Waals surface area contributed by atoms with Crippen LogP contribution in [-0.2, 0) is 20.8 Å². The van der Waals surface area contributed by atoms with E-state index in [1.165, 1.54) is 7.11 Å². The summed E-state index contributed by atoms with van der Waals surface area (Å²) in [6, 6.07) is 10.6. The molecule has 2 aromatic carbocycles. The maximum absolute atomic E-state index is 13.8. The summed E-state index contributed by atoms with van der Waals surface area (Å²) in [5.74, 6) is -0.288. The number of carbonyl (C=O) groups is 3. The van der Waals surface area contributed by atoms with E-state index in [1.54, 1.807) is 28.0 Å². The van der Waals surface area contributed by atoms with E-state index in [4.69, 9.17) is 25.8 Å². The number of anilines is 1. The lowest BCUT2D eigenvalue weighted by atomic mass is 10.1. The first kappa shape index (κ1) is 30.2. The van der Waals surface area contributed by atoms with Crippen LogP contribution in [0.15, 0.2) is 42.5 Å². The molecule has 1 unspecified atom stereocenters. The number of halogens is 1. The van der Waals surface area contributed by atoms with E-state index in [9.17, 15) is 14.4 Å². The van der Waals surface area contributed by atoms with Gasteiger partial charge >= 0.3 is 12.0 Å². The Kier molecular flexibility index (Phi) is 10.2. The number of benzene rings is 2. The molecule has 1 aliphatic rings. The molecule has 0 bridgehead atoms. The van der Waals surface area contributed by atoms with Gasteiger partial charge < -0.3 is 29.3 Å². The van der Waals surface area contributed by atoms with Gasteiger partial charge in [-0.2, -0.15) is 0 Å². The van der Waals surface area contributed by atoms with Crippen molar-refractivity contribution < 1.29 is 28.6 Å². The molecule has 0 saturated heterocycles. The molecule has 39 heavy (non-hydrogen) atoms. The van der Waals surface area contributed by atoms with Gasteiger partial charge in [0, 0.05) is 24.8 Å². The van der Waals surface area contributed by atoms with Crippen LogP contribution in [0.5, 0.6) is 5.75 Å². The molecule has 2 aromatic rings. The number of hydrogen-bond donors (Lipinski definition) is 1. The molecule has 0 radical (unpaired) electrons. The number of ether oxygens (including phenoxy) is 3. The summed E-state index contributed by atoms with van der Waals surface area (Å²) in [5, 5.41) is 3.05. The normalized spacial score (nSPS) is 16.1. The predicted molar refractivity (Wildman–Crippen MR) is 150 cm³/mol. The number of amides is 3. The fraction of sp³-hybridized carbons (Fsp3) is 0.483. The fourth-order valence-corrected chi connectivity index (χ4v) is 4.42. The van der Waals surface area contributed by atoms with Gasteiger partial charge in [-0.25, -0.2) is 9.59 Å². The molecule has 1 heterocycles. The number of nitrogens with one attached hydrogen (secondary N) is 1. The number of fused-ring (bicyclic) bond motifs is 1. The van der Waals surface area contributed by atoms with Gasteiger partial charge in [-0.1, -0.05) is 36.7 Å². The van der Waals surface area contributed by atoms with Crippen molar-refractivity contribution in [2.45, 2.75) is 65.3 Å². The molecule has 3 rings (SSSR count). The molecular formula is C29H38ClN3O6. The van der Waals surface area contributed by atoms with E-state index in [0.29, 0.717) is 23.6 Å². The van der Waals surface area contributed by atoms with Crippen molar-refractivity contribution in [3.63, 3.8) is 0 Å². The van der Waals surface area contributed by atoms with Gasteiger partial charge in [0.25, 0.3) is 5.91 Å². The maximum Gasteiger partial charge on any atom is 0.330 e. The number of carbonyl (C=O) groups excluding carboxylic acids is 3. The number of urea groups is 1. The van der Waals surface area contributed by atoms with Crippen molar-refractivity contribution in [2.24, 2.45) is 0 Å². The summed E-state index contributed by atoms with van der Waals surface area (Å²) in [7, 11) is 1.26. The van der Waals surface area contributed by atoms with E-state index >= 15 is 0 Å². The maximum atomic E-state index is 13.8. The quantitative estimate of drug-likeness (QED) is 0.455. The third-order valence-electron chi connectivity index (χ3n) is 6.22. The zero-order valence-electron chi connectivity index (χ0n) is 23.5. The van der Waals surface area contributed by atoms with E-state index in [0.717, 1.165) is 12.0 Å². The monoisotopic (exact) mass is 559 g/mol. The van der Waals surface area contributed by atoms with Crippen molar-refractivity contribution in [2.75, 3.05) is 31.8 Å². The minimum Gasteiger partial charge on any atom is -0.494 e. The second-order valence-corrected chi connectivity index (χ2v) is 10.9. The SMILES string of the molecule is CCCOc1ccc(C(=O)N2C[C@@H](C)N(C(=O)NC(COC(C)(C)C)C(=O)OC)Cc3ccccc32)c(Cl)c1. The zero-order chi connectivity index (χ0) is 28.7. The van der Waals surface area contributed by atoms with Crippen LogP contribution in [-0.4, -0.2) is 67.4 Å². The summed E-state index contributed by atoms with van der Waals surface area (Å²) >= 11 is 6.51. The first-order chi connectivity index (χ1) is 18.4. The van der Waals surface area contributed by atoms with Crippen LogP contribution in [0, 0.1) is 0 Å². The van der Waals surface area contributed by atoms with Crippen LogP contribution >= 0.6 is 11.6 Å². The zero-order valence-corrected chi connectivity index (χ0v) is 24.2. The van der Waals surface area contributed by atoms with E-state index in [2.05, 4.69) is 5.32 Å². The molecule has 1 N–H and O–H groups in total. The predicted octanol–water partition coefficient (Wildman–Crippen LogP) is 5.05. The Hall–Kier alpha value is -3.30. The van der Waals surface area contributed by atoms with Crippen LogP contribution in [0.3, 0.4) is 0 Å². The number of esters is 1. The average molecular weight is 560 g/mol. The molecular weight excluding hydrogens is 522 g/mol. The number of rotatable bonds is 8. The second kappa shape index (κ2) is 13.2.